The largest absolute Gasteiger partial charge is 0.390 e. The van der Waals surface area contributed by atoms with Crippen LogP contribution in [0.2, 0.25) is 0 Å². The summed E-state index contributed by atoms with van der Waals surface area (Å²) >= 11 is 0. The molecule has 1 atom stereocenters. The molecule has 1 unspecified atom stereocenters. The number of hydrogen-bond acceptors (Lipinski definition) is 3. The number of aliphatic hydroxyl groups excluding tert-OH is 1. The Kier molecular flexibility index (Phi) is 9.35. The minimum atomic E-state index is -0.230. The number of likely N-dealkylation sites (N-methyl/N-ethyl adjacent to an activating group) is 2. The lowest BCUT2D eigenvalue weighted by Crippen LogP contribution is -2.38. The molecule has 2 N–H and O–H groups in total. The van der Waals surface area contributed by atoms with Crippen LogP contribution in [0.15, 0.2) is 0 Å². The van der Waals surface area contributed by atoms with Crippen molar-refractivity contribution in [2.45, 2.75) is 39.7 Å². The van der Waals surface area contributed by atoms with Gasteiger partial charge in [-0.1, -0.05) is 27.2 Å². The number of nitrogens with zero attached hydrogens (tertiary/aromatic N) is 1. The third-order valence-corrected chi connectivity index (χ3v) is 2.37. The van der Waals surface area contributed by atoms with Crippen molar-refractivity contribution in [2.75, 3.05) is 32.7 Å². The van der Waals surface area contributed by atoms with Gasteiger partial charge in [0.15, 0.2) is 0 Å². The van der Waals surface area contributed by atoms with Gasteiger partial charge < -0.3 is 15.3 Å². The van der Waals surface area contributed by atoms with Crippen molar-refractivity contribution in [1.82, 2.24) is 10.2 Å². The van der Waals surface area contributed by atoms with Crippen LogP contribution in [0.25, 0.3) is 0 Å². The molecule has 86 valence electrons. The zero-order valence-electron chi connectivity index (χ0n) is 9.92. The summed E-state index contributed by atoms with van der Waals surface area (Å²) in [6, 6.07) is 0. The molecule has 14 heavy (non-hydrogen) atoms. The van der Waals surface area contributed by atoms with Gasteiger partial charge >= 0.3 is 0 Å². The fraction of sp³-hybridized carbons (Fsp3) is 1.00. The van der Waals surface area contributed by atoms with Gasteiger partial charge in [-0.25, -0.2) is 0 Å². The highest BCUT2D eigenvalue weighted by Gasteiger charge is 2.08. The molecule has 0 bridgehead atoms. The second-order valence-corrected chi connectivity index (χ2v) is 3.71. The summed E-state index contributed by atoms with van der Waals surface area (Å²) in [4.78, 5) is 2.31. The molecule has 0 aromatic carbocycles. The monoisotopic (exact) mass is 202 g/mol. The molecule has 0 saturated carbocycles. The van der Waals surface area contributed by atoms with Gasteiger partial charge in [-0.2, -0.15) is 0 Å². The third kappa shape index (κ3) is 7.30. The van der Waals surface area contributed by atoms with Crippen molar-refractivity contribution in [2.24, 2.45) is 0 Å². The SMILES string of the molecule is CCCCN(CC)CC(O)CNCC. The predicted octanol–water partition coefficient (Wildman–Crippen LogP) is 1.08. The number of rotatable bonds is 9. The second-order valence-electron chi connectivity index (χ2n) is 3.71. The number of nitrogens with one attached hydrogen (secondary N) is 1. The van der Waals surface area contributed by atoms with Crippen molar-refractivity contribution in [3.63, 3.8) is 0 Å². The van der Waals surface area contributed by atoms with Crippen LogP contribution < -0.4 is 5.32 Å². The van der Waals surface area contributed by atoms with Gasteiger partial charge in [0.05, 0.1) is 6.10 Å². The van der Waals surface area contributed by atoms with Crippen LogP contribution >= 0.6 is 0 Å². The van der Waals surface area contributed by atoms with Crippen LogP contribution in [-0.4, -0.2) is 48.8 Å². The van der Waals surface area contributed by atoms with E-state index in [4.69, 9.17) is 0 Å². The molecule has 0 fully saturated rings. The Bertz CT molecular complexity index is 120. The Morgan fingerprint density at radius 3 is 2.50 bits per heavy atom. The van der Waals surface area contributed by atoms with Gasteiger partial charge in [-0.3, -0.25) is 0 Å². The maximum Gasteiger partial charge on any atom is 0.0791 e. The summed E-state index contributed by atoms with van der Waals surface area (Å²) in [5.41, 5.74) is 0. The van der Waals surface area contributed by atoms with Gasteiger partial charge in [0.2, 0.25) is 0 Å². The van der Waals surface area contributed by atoms with Gasteiger partial charge in [0, 0.05) is 13.1 Å². The van der Waals surface area contributed by atoms with Crippen molar-refractivity contribution in [3.05, 3.63) is 0 Å². The molecule has 0 saturated heterocycles. The molecule has 0 radical (unpaired) electrons. The molecule has 0 heterocycles. The summed E-state index contributed by atoms with van der Waals surface area (Å²) in [6.07, 6.45) is 2.22. The minimum Gasteiger partial charge on any atom is -0.390 e. The molecule has 0 aliphatic carbocycles. The quantitative estimate of drug-likeness (QED) is 0.587. The lowest BCUT2D eigenvalue weighted by atomic mass is 10.2. The predicted molar refractivity (Wildman–Crippen MR) is 61.6 cm³/mol. The molecule has 0 rings (SSSR count). The molecular weight excluding hydrogens is 176 g/mol. The van der Waals surface area contributed by atoms with E-state index >= 15 is 0 Å². The van der Waals surface area contributed by atoms with Crippen molar-refractivity contribution in [3.8, 4) is 0 Å². The van der Waals surface area contributed by atoms with Crippen LogP contribution in [0.4, 0.5) is 0 Å². The molecule has 0 spiro atoms. The van der Waals surface area contributed by atoms with E-state index in [1.54, 1.807) is 0 Å². The number of aliphatic hydroxyl groups is 1. The first-order chi connectivity index (χ1) is 6.74. The van der Waals surface area contributed by atoms with Crippen LogP contribution in [0, 0.1) is 0 Å². The van der Waals surface area contributed by atoms with Gasteiger partial charge in [-0.05, 0) is 26.1 Å². The van der Waals surface area contributed by atoms with E-state index in [9.17, 15) is 5.11 Å². The fourth-order valence-corrected chi connectivity index (χ4v) is 1.43. The zero-order valence-corrected chi connectivity index (χ0v) is 9.92. The number of hydrogen-bond donors (Lipinski definition) is 2. The normalized spacial score (nSPS) is 13.5. The Morgan fingerprint density at radius 1 is 1.29 bits per heavy atom. The summed E-state index contributed by atoms with van der Waals surface area (Å²) in [7, 11) is 0. The smallest absolute Gasteiger partial charge is 0.0791 e. The van der Waals surface area contributed by atoms with Crippen LogP contribution in [0.1, 0.15) is 33.6 Å². The van der Waals surface area contributed by atoms with Crippen molar-refractivity contribution < 1.29 is 5.11 Å². The zero-order chi connectivity index (χ0) is 10.8. The van der Waals surface area contributed by atoms with Crippen LogP contribution in [-0.2, 0) is 0 Å². The highest BCUT2D eigenvalue weighted by atomic mass is 16.3. The topological polar surface area (TPSA) is 35.5 Å². The molecule has 0 aromatic rings. The van der Waals surface area contributed by atoms with Gasteiger partial charge in [-0.15, -0.1) is 0 Å². The second kappa shape index (κ2) is 9.44. The average Bonchev–Trinajstić information content (AvgIpc) is 2.21. The Labute approximate surface area is 88.5 Å². The van der Waals surface area contributed by atoms with E-state index in [-0.39, 0.29) is 6.10 Å². The number of unbranched alkanes of at least 4 members (excludes halogenated alkanes) is 1. The molecule has 0 aromatic heterocycles. The minimum absolute atomic E-state index is 0.230. The van der Waals surface area contributed by atoms with Gasteiger partial charge in [0.25, 0.3) is 0 Å². The first-order valence-corrected chi connectivity index (χ1v) is 5.85. The molecule has 0 amide bonds. The summed E-state index contributed by atoms with van der Waals surface area (Å²) in [6.45, 7) is 11.0. The Morgan fingerprint density at radius 2 is 2.00 bits per heavy atom. The third-order valence-electron chi connectivity index (χ3n) is 2.37. The van der Waals surface area contributed by atoms with E-state index in [0.29, 0.717) is 6.54 Å². The summed E-state index contributed by atoms with van der Waals surface area (Å²) in [5.74, 6) is 0. The first-order valence-electron chi connectivity index (χ1n) is 5.85. The molecule has 3 nitrogen and oxygen atoms in total. The lowest BCUT2D eigenvalue weighted by Gasteiger charge is -2.23. The average molecular weight is 202 g/mol. The lowest BCUT2D eigenvalue weighted by molar-refractivity contribution is 0.113. The standard InChI is InChI=1S/C11H26N2O/c1-4-7-8-13(6-3)10-11(14)9-12-5-2/h11-12,14H,4-10H2,1-3H3. The summed E-state index contributed by atoms with van der Waals surface area (Å²) < 4.78 is 0. The van der Waals surface area contributed by atoms with Crippen LogP contribution in [0.5, 0.6) is 0 Å². The molecular formula is C11H26N2O. The maximum absolute atomic E-state index is 9.68. The van der Waals surface area contributed by atoms with E-state index < -0.39 is 0 Å². The Balaban J connectivity index is 3.57. The fourth-order valence-electron chi connectivity index (χ4n) is 1.43. The van der Waals surface area contributed by atoms with Crippen molar-refractivity contribution >= 4 is 0 Å². The summed E-state index contributed by atoms with van der Waals surface area (Å²) in [5, 5.41) is 12.8. The van der Waals surface area contributed by atoms with E-state index in [1.165, 1.54) is 12.8 Å². The highest BCUT2D eigenvalue weighted by molar-refractivity contribution is 4.65. The van der Waals surface area contributed by atoms with Crippen LogP contribution in [0.3, 0.4) is 0 Å². The molecule has 0 aliphatic rings. The maximum atomic E-state index is 9.68. The van der Waals surface area contributed by atoms with E-state index in [0.717, 1.165) is 26.2 Å². The van der Waals surface area contributed by atoms with Crippen molar-refractivity contribution in [1.29, 1.82) is 0 Å². The van der Waals surface area contributed by atoms with E-state index in [1.807, 2.05) is 0 Å². The first kappa shape index (κ1) is 13.9. The van der Waals surface area contributed by atoms with E-state index in [2.05, 4.69) is 31.0 Å². The Hall–Kier alpha value is -0.120. The highest BCUT2D eigenvalue weighted by Crippen LogP contribution is 1.96. The molecule has 3 heteroatoms. The van der Waals surface area contributed by atoms with Gasteiger partial charge in [0.1, 0.15) is 0 Å². The molecule has 0 aliphatic heterocycles.